The Morgan fingerprint density at radius 1 is 1.38 bits per heavy atom. The predicted molar refractivity (Wildman–Crippen MR) is 84.0 cm³/mol. The average molecular weight is 287 g/mol. The zero-order valence-electron chi connectivity index (χ0n) is 12.5. The Morgan fingerprint density at radius 3 is 3.10 bits per heavy atom. The van der Waals surface area contributed by atoms with E-state index in [4.69, 9.17) is 9.47 Å². The molecule has 5 heteroatoms. The lowest BCUT2D eigenvalue weighted by molar-refractivity contribution is -0.0117. The Hall–Kier alpha value is -1.85. The summed E-state index contributed by atoms with van der Waals surface area (Å²) in [6.07, 6.45) is 2.01. The number of rotatable bonds is 4. The van der Waals surface area contributed by atoms with Gasteiger partial charge in [-0.05, 0) is 19.2 Å². The molecule has 0 bridgehead atoms. The molecule has 3 rings (SSSR count). The zero-order valence-corrected chi connectivity index (χ0v) is 12.5. The molecule has 0 saturated carbocycles. The maximum absolute atomic E-state index is 5.77. The topological polar surface area (TPSA) is 46.6 Å². The Bertz CT molecular complexity index is 617. The van der Waals surface area contributed by atoms with Crippen molar-refractivity contribution in [2.45, 2.75) is 6.10 Å². The quantitative estimate of drug-likeness (QED) is 0.932. The van der Waals surface area contributed by atoms with Crippen molar-refractivity contribution in [3.05, 3.63) is 30.5 Å². The molecule has 1 atom stereocenters. The van der Waals surface area contributed by atoms with Crippen molar-refractivity contribution < 1.29 is 9.47 Å². The van der Waals surface area contributed by atoms with E-state index in [1.165, 1.54) is 0 Å². The third-order valence-electron chi connectivity index (χ3n) is 3.83. The molecule has 0 amide bonds. The van der Waals surface area contributed by atoms with Gasteiger partial charge in [0.15, 0.2) is 0 Å². The number of fused-ring (bicyclic) bond motifs is 1. The Balaban J connectivity index is 1.78. The number of aromatic nitrogens is 1. The Labute approximate surface area is 124 Å². The van der Waals surface area contributed by atoms with E-state index in [0.29, 0.717) is 0 Å². The molecule has 1 aromatic heterocycles. The van der Waals surface area contributed by atoms with Crippen LogP contribution >= 0.6 is 0 Å². The Kier molecular flexibility index (Phi) is 4.22. The number of pyridine rings is 1. The lowest BCUT2D eigenvalue weighted by atomic mass is 10.1. The molecule has 0 aliphatic carbocycles. The fourth-order valence-corrected chi connectivity index (χ4v) is 2.70. The zero-order chi connectivity index (χ0) is 14.7. The van der Waals surface area contributed by atoms with E-state index in [2.05, 4.69) is 28.3 Å². The molecule has 5 nitrogen and oxygen atoms in total. The highest BCUT2D eigenvalue weighted by atomic mass is 16.5. The highest BCUT2D eigenvalue weighted by Crippen LogP contribution is 2.28. The van der Waals surface area contributed by atoms with Crippen LogP contribution < -0.4 is 10.1 Å². The number of likely N-dealkylation sites (N-methyl/N-ethyl adjacent to an activating group) is 1. The van der Waals surface area contributed by atoms with E-state index in [9.17, 15) is 0 Å². The molecule has 1 aliphatic rings. The summed E-state index contributed by atoms with van der Waals surface area (Å²) in [5.74, 6) is 1.75. The van der Waals surface area contributed by atoms with Gasteiger partial charge in [-0.1, -0.05) is 12.1 Å². The molecule has 112 valence electrons. The van der Waals surface area contributed by atoms with Crippen molar-refractivity contribution in [3.8, 4) is 5.75 Å². The maximum Gasteiger partial charge on any atom is 0.134 e. The molecule has 0 spiro atoms. The summed E-state index contributed by atoms with van der Waals surface area (Å²) in [7, 11) is 3.81. The first-order valence-corrected chi connectivity index (χ1v) is 7.23. The normalized spacial score (nSPS) is 19.6. The second-order valence-electron chi connectivity index (χ2n) is 5.35. The number of nitrogens with one attached hydrogen (secondary N) is 1. The first-order chi connectivity index (χ1) is 10.3. The van der Waals surface area contributed by atoms with Crippen molar-refractivity contribution in [2.75, 3.05) is 45.7 Å². The smallest absolute Gasteiger partial charge is 0.134 e. The van der Waals surface area contributed by atoms with E-state index >= 15 is 0 Å². The van der Waals surface area contributed by atoms with Crippen molar-refractivity contribution in [2.24, 2.45) is 0 Å². The second-order valence-corrected chi connectivity index (χ2v) is 5.35. The molecule has 2 aromatic rings. The molecule has 1 aliphatic heterocycles. The summed E-state index contributed by atoms with van der Waals surface area (Å²) in [5.41, 5.74) is 0. The number of hydrogen-bond acceptors (Lipinski definition) is 5. The number of anilines is 1. The molecule has 2 heterocycles. The van der Waals surface area contributed by atoms with Crippen LogP contribution in [-0.4, -0.2) is 56.4 Å². The van der Waals surface area contributed by atoms with Crippen molar-refractivity contribution >= 4 is 16.6 Å². The lowest BCUT2D eigenvalue weighted by Crippen LogP contribution is -2.43. The third-order valence-corrected chi connectivity index (χ3v) is 3.83. The van der Waals surface area contributed by atoms with E-state index < -0.39 is 0 Å². The van der Waals surface area contributed by atoms with Crippen LogP contribution in [0.2, 0.25) is 0 Å². The molecule has 21 heavy (non-hydrogen) atoms. The molecular weight excluding hydrogens is 266 g/mol. The lowest BCUT2D eigenvalue weighted by Gasteiger charge is -2.30. The monoisotopic (exact) mass is 287 g/mol. The van der Waals surface area contributed by atoms with Crippen LogP contribution in [0.4, 0.5) is 5.82 Å². The summed E-state index contributed by atoms with van der Waals surface area (Å²) >= 11 is 0. The van der Waals surface area contributed by atoms with Crippen molar-refractivity contribution in [1.29, 1.82) is 0 Å². The van der Waals surface area contributed by atoms with E-state index in [1.54, 1.807) is 13.3 Å². The van der Waals surface area contributed by atoms with Crippen LogP contribution in [0, 0.1) is 0 Å². The SMILES string of the molecule is COc1cccc2c(NCC3CN(C)CCO3)nccc12. The van der Waals surface area contributed by atoms with Crippen LogP contribution in [0.25, 0.3) is 10.8 Å². The summed E-state index contributed by atoms with van der Waals surface area (Å²) in [5, 5.41) is 5.55. The van der Waals surface area contributed by atoms with Gasteiger partial charge in [0, 0.05) is 36.6 Å². The number of nitrogens with zero attached hydrogens (tertiary/aromatic N) is 2. The van der Waals surface area contributed by atoms with Crippen LogP contribution in [-0.2, 0) is 4.74 Å². The van der Waals surface area contributed by atoms with Crippen LogP contribution in [0.15, 0.2) is 30.5 Å². The van der Waals surface area contributed by atoms with E-state index in [-0.39, 0.29) is 6.10 Å². The standard InChI is InChI=1S/C16H21N3O2/c1-19-8-9-21-12(11-19)10-18-16-14-4-3-5-15(20-2)13(14)6-7-17-16/h3-7,12H,8-11H2,1-2H3,(H,17,18). The highest BCUT2D eigenvalue weighted by molar-refractivity contribution is 5.95. The number of ether oxygens (including phenoxy) is 2. The minimum absolute atomic E-state index is 0.200. The summed E-state index contributed by atoms with van der Waals surface area (Å²) in [6.45, 7) is 3.49. The number of methoxy groups -OCH3 is 1. The summed E-state index contributed by atoms with van der Waals surface area (Å²) in [4.78, 5) is 6.74. The van der Waals surface area contributed by atoms with Gasteiger partial charge in [-0.3, -0.25) is 0 Å². The van der Waals surface area contributed by atoms with Gasteiger partial charge in [-0.15, -0.1) is 0 Å². The van der Waals surface area contributed by atoms with Crippen molar-refractivity contribution in [1.82, 2.24) is 9.88 Å². The average Bonchev–Trinajstić information content (AvgIpc) is 2.52. The molecule has 1 saturated heterocycles. The molecule has 1 fully saturated rings. The number of hydrogen-bond donors (Lipinski definition) is 1. The summed E-state index contributed by atoms with van der Waals surface area (Å²) < 4.78 is 11.2. The van der Waals surface area contributed by atoms with Gasteiger partial charge in [-0.2, -0.15) is 0 Å². The summed E-state index contributed by atoms with van der Waals surface area (Å²) in [6, 6.07) is 7.98. The molecule has 0 radical (unpaired) electrons. The predicted octanol–water partition coefficient (Wildman–Crippen LogP) is 1.99. The van der Waals surface area contributed by atoms with Gasteiger partial charge in [0.1, 0.15) is 11.6 Å². The first kappa shape index (κ1) is 14.1. The van der Waals surface area contributed by atoms with Gasteiger partial charge in [0.25, 0.3) is 0 Å². The molecule has 1 aromatic carbocycles. The van der Waals surface area contributed by atoms with Crippen LogP contribution in [0.1, 0.15) is 0 Å². The van der Waals surface area contributed by atoms with Gasteiger partial charge in [0.2, 0.25) is 0 Å². The highest BCUT2D eigenvalue weighted by Gasteiger charge is 2.17. The second kappa shape index (κ2) is 6.28. The number of benzene rings is 1. The number of morpholine rings is 1. The van der Waals surface area contributed by atoms with Crippen LogP contribution in [0.5, 0.6) is 5.75 Å². The van der Waals surface area contributed by atoms with Gasteiger partial charge in [-0.25, -0.2) is 4.98 Å². The minimum atomic E-state index is 0.200. The fourth-order valence-electron chi connectivity index (χ4n) is 2.70. The first-order valence-electron chi connectivity index (χ1n) is 7.23. The minimum Gasteiger partial charge on any atom is -0.496 e. The van der Waals surface area contributed by atoms with E-state index in [1.807, 2.05) is 18.2 Å². The van der Waals surface area contributed by atoms with E-state index in [0.717, 1.165) is 48.6 Å². The Morgan fingerprint density at radius 2 is 2.29 bits per heavy atom. The molecular formula is C16H21N3O2. The third kappa shape index (κ3) is 3.09. The van der Waals surface area contributed by atoms with Crippen LogP contribution in [0.3, 0.4) is 0 Å². The van der Waals surface area contributed by atoms with Gasteiger partial charge in [0.05, 0.1) is 19.8 Å². The maximum atomic E-state index is 5.77. The molecule has 1 unspecified atom stereocenters. The largest absolute Gasteiger partial charge is 0.496 e. The van der Waals surface area contributed by atoms with Gasteiger partial charge >= 0.3 is 0 Å². The van der Waals surface area contributed by atoms with Crippen molar-refractivity contribution in [3.63, 3.8) is 0 Å². The van der Waals surface area contributed by atoms with Gasteiger partial charge < -0.3 is 19.7 Å². The molecule has 1 N–H and O–H groups in total. The fraction of sp³-hybridized carbons (Fsp3) is 0.438.